The lowest BCUT2D eigenvalue weighted by molar-refractivity contribution is -0.145. The van der Waals surface area contributed by atoms with Gasteiger partial charge in [-0.15, -0.1) is 0 Å². The first-order chi connectivity index (χ1) is 7.61. The van der Waals surface area contributed by atoms with Crippen LogP contribution in [0.15, 0.2) is 0 Å². The lowest BCUT2D eigenvalue weighted by atomic mass is 10.3. The molecule has 0 N–H and O–H groups in total. The Kier molecular flexibility index (Phi) is 9.24. The van der Waals surface area contributed by atoms with Crippen molar-refractivity contribution >= 4 is 5.97 Å². The Morgan fingerprint density at radius 1 is 1.31 bits per heavy atom. The molecule has 96 valence electrons. The van der Waals surface area contributed by atoms with Crippen LogP contribution in [0.1, 0.15) is 33.6 Å². The van der Waals surface area contributed by atoms with Gasteiger partial charge in [-0.05, 0) is 20.3 Å². The van der Waals surface area contributed by atoms with Crippen molar-refractivity contribution < 1.29 is 14.3 Å². The van der Waals surface area contributed by atoms with Crippen LogP contribution in [-0.2, 0) is 14.3 Å². The first-order valence-electron chi connectivity index (χ1n) is 6.00. The number of methoxy groups -OCH3 is 1. The Labute approximate surface area is 98.9 Å². The number of carbonyl (C=O) groups excluding carboxylic acids is 1. The molecule has 0 amide bonds. The minimum Gasteiger partial charge on any atom is -0.465 e. The van der Waals surface area contributed by atoms with Crippen molar-refractivity contribution in [3.8, 4) is 0 Å². The average molecular weight is 231 g/mol. The molecular formula is C12H25NO3. The third-order valence-electron chi connectivity index (χ3n) is 2.41. The minimum atomic E-state index is -0.141. The maximum atomic E-state index is 11.5. The Morgan fingerprint density at radius 2 is 2.00 bits per heavy atom. The van der Waals surface area contributed by atoms with E-state index in [0.29, 0.717) is 25.8 Å². The van der Waals surface area contributed by atoms with E-state index >= 15 is 0 Å². The van der Waals surface area contributed by atoms with Gasteiger partial charge in [-0.2, -0.15) is 0 Å². The molecule has 0 radical (unpaired) electrons. The fourth-order valence-electron chi connectivity index (χ4n) is 1.27. The van der Waals surface area contributed by atoms with E-state index in [1.165, 1.54) is 0 Å². The summed E-state index contributed by atoms with van der Waals surface area (Å²) in [4.78, 5) is 13.5. The van der Waals surface area contributed by atoms with Gasteiger partial charge in [0.05, 0.1) is 19.8 Å². The molecule has 0 saturated carbocycles. The van der Waals surface area contributed by atoms with Crippen molar-refractivity contribution in [2.24, 2.45) is 0 Å². The van der Waals surface area contributed by atoms with Crippen LogP contribution in [0.2, 0.25) is 0 Å². The van der Waals surface area contributed by atoms with Gasteiger partial charge in [-0.3, -0.25) is 9.69 Å². The molecule has 0 aromatic carbocycles. The Hall–Kier alpha value is -0.610. The van der Waals surface area contributed by atoms with E-state index in [0.717, 1.165) is 19.4 Å². The van der Waals surface area contributed by atoms with Crippen molar-refractivity contribution in [1.82, 2.24) is 4.90 Å². The molecule has 0 aliphatic heterocycles. The van der Waals surface area contributed by atoms with Gasteiger partial charge in [0.2, 0.25) is 0 Å². The van der Waals surface area contributed by atoms with Crippen LogP contribution in [0.25, 0.3) is 0 Å². The predicted molar refractivity (Wildman–Crippen MR) is 64.5 cm³/mol. The molecule has 4 heteroatoms. The summed E-state index contributed by atoms with van der Waals surface area (Å²) in [6, 6.07) is 0.328. The standard InChI is InChI=1S/C12H25NO3/c1-5-6-8-16-12(14)10-13(11(2)3)7-9-15-4/h11H,5-10H2,1-4H3. The van der Waals surface area contributed by atoms with Gasteiger partial charge >= 0.3 is 5.97 Å². The summed E-state index contributed by atoms with van der Waals surface area (Å²) in [5.74, 6) is -0.141. The van der Waals surface area contributed by atoms with E-state index in [4.69, 9.17) is 9.47 Å². The smallest absolute Gasteiger partial charge is 0.320 e. The zero-order valence-corrected chi connectivity index (χ0v) is 11.0. The number of nitrogens with zero attached hydrogens (tertiary/aromatic N) is 1. The molecule has 0 fully saturated rings. The van der Waals surface area contributed by atoms with Crippen LogP contribution in [-0.4, -0.2) is 50.3 Å². The SMILES string of the molecule is CCCCOC(=O)CN(CCOC)C(C)C. The Morgan fingerprint density at radius 3 is 2.50 bits per heavy atom. The third-order valence-corrected chi connectivity index (χ3v) is 2.41. The summed E-state index contributed by atoms with van der Waals surface area (Å²) in [6.45, 7) is 8.49. The molecule has 4 nitrogen and oxygen atoms in total. The molecule has 0 spiro atoms. The van der Waals surface area contributed by atoms with Crippen molar-refractivity contribution in [2.45, 2.75) is 39.7 Å². The minimum absolute atomic E-state index is 0.141. The van der Waals surface area contributed by atoms with Gasteiger partial charge in [0.1, 0.15) is 0 Å². The quantitative estimate of drug-likeness (QED) is 0.447. The maximum Gasteiger partial charge on any atom is 0.320 e. The summed E-state index contributed by atoms with van der Waals surface area (Å²) < 4.78 is 10.1. The number of unbranched alkanes of at least 4 members (excludes halogenated alkanes) is 1. The molecule has 0 aliphatic carbocycles. The lowest BCUT2D eigenvalue weighted by Gasteiger charge is -2.24. The normalized spacial score (nSPS) is 11.1. The maximum absolute atomic E-state index is 11.5. The monoisotopic (exact) mass is 231 g/mol. The highest BCUT2D eigenvalue weighted by Crippen LogP contribution is 1.99. The van der Waals surface area contributed by atoms with Crippen LogP contribution in [0.5, 0.6) is 0 Å². The molecule has 0 aliphatic rings. The molecule has 16 heavy (non-hydrogen) atoms. The highest BCUT2D eigenvalue weighted by molar-refractivity contribution is 5.71. The van der Waals surface area contributed by atoms with Gasteiger partial charge in [0, 0.05) is 19.7 Å². The van der Waals surface area contributed by atoms with Crippen LogP contribution >= 0.6 is 0 Å². The lowest BCUT2D eigenvalue weighted by Crippen LogP contribution is -2.38. The Balaban J connectivity index is 3.83. The first-order valence-corrected chi connectivity index (χ1v) is 6.00. The van der Waals surface area contributed by atoms with E-state index in [1.807, 2.05) is 0 Å². The zero-order valence-electron chi connectivity index (χ0n) is 11.0. The van der Waals surface area contributed by atoms with E-state index in [1.54, 1.807) is 7.11 Å². The van der Waals surface area contributed by atoms with E-state index < -0.39 is 0 Å². The van der Waals surface area contributed by atoms with Crippen LogP contribution in [0, 0.1) is 0 Å². The molecule has 0 bridgehead atoms. The Bertz CT molecular complexity index is 183. The summed E-state index contributed by atoms with van der Waals surface area (Å²) in [7, 11) is 1.66. The summed E-state index contributed by atoms with van der Waals surface area (Å²) in [6.07, 6.45) is 1.98. The predicted octanol–water partition coefficient (Wildman–Crippen LogP) is 1.69. The topological polar surface area (TPSA) is 38.8 Å². The van der Waals surface area contributed by atoms with Gasteiger partial charge in [0.15, 0.2) is 0 Å². The number of hydrogen-bond donors (Lipinski definition) is 0. The summed E-state index contributed by atoms with van der Waals surface area (Å²) in [5, 5.41) is 0. The number of esters is 1. The molecule has 0 rings (SSSR count). The second-order valence-corrected chi connectivity index (χ2v) is 4.13. The first kappa shape index (κ1) is 15.4. The molecule has 0 atom stereocenters. The van der Waals surface area contributed by atoms with E-state index in [9.17, 15) is 4.79 Å². The van der Waals surface area contributed by atoms with Crippen molar-refractivity contribution in [3.63, 3.8) is 0 Å². The van der Waals surface area contributed by atoms with Gasteiger partial charge in [-0.1, -0.05) is 13.3 Å². The van der Waals surface area contributed by atoms with Gasteiger partial charge < -0.3 is 9.47 Å². The molecule has 0 aromatic heterocycles. The highest BCUT2D eigenvalue weighted by Gasteiger charge is 2.14. The second kappa shape index (κ2) is 9.60. The van der Waals surface area contributed by atoms with E-state index in [-0.39, 0.29) is 5.97 Å². The fraction of sp³-hybridized carbons (Fsp3) is 0.917. The molecule has 0 heterocycles. The number of ether oxygens (including phenoxy) is 2. The second-order valence-electron chi connectivity index (χ2n) is 4.13. The molecule has 0 unspecified atom stereocenters. The number of carbonyl (C=O) groups is 1. The van der Waals surface area contributed by atoms with E-state index in [2.05, 4.69) is 25.7 Å². The average Bonchev–Trinajstić information content (AvgIpc) is 2.24. The van der Waals surface area contributed by atoms with Crippen molar-refractivity contribution in [2.75, 3.05) is 33.4 Å². The van der Waals surface area contributed by atoms with Gasteiger partial charge in [0.25, 0.3) is 0 Å². The van der Waals surface area contributed by atoms with Crippen molar-refractivity contribution in [1.29, 1.82) is 0 Å². The number of rotatable bonds is 9. The summed E-state index contributed by atoms with van der Waals surface area (Å²) in [5.41, 5.74) is 0. The van der Waals surface area contributed by atoms with Crippen LogP contribution in [0.4, 0.5) is 0 Å². The molecular weight excluding hydrogens is 206 g/mol. The zero-order chi connectivity index (χ0) is 12.4. The molecule has 0 aromatic rings. The van der Waals surface area contributed by atoms with Crippen LogP contribution < -0.4 is 0 Å². The van der Waals surface area contributed by atoms with Crippen LogP contribution in [0.3, 0.4) is 0 Å². The van der Waals surface area contributed by atoms with Crippen molar-refractivity contribution in [3.05, 3.63) is 0 Å². The highest BCUT2D eigenvalue weighted by atomic mass is 16.5. The van der Waals surface area contributed by atoms with Gasteiger partial charge in [-0.25, -0.2) is 0 Å². The largest absolute Gasteiger partial charge is 0.465 e. The summed E-state index contributed by atoms with van der Waals surface area (Å²) >= 11 is 0. The molecule has 0 saturated heterocycles. The third kappa shape index (κ3) is 7.65. The fourth-order valence-corrected chi connectivity index (χ4v) is 1.27. The number of hydrogen-bond acceptors (Lipinski definition) is 4.